The molecule has 0 saturated carbocycles. The van der Waals surface area contributed by atoms with Crippen molar-refractivity contribution in [3.63, 3.8) is 0 Å². The standard InChI is InChI=1S/C22H21FN6OS/c1-15(2)29-11-8-17(27-29)5-6-18-14-31-22(25-18)26-21(30)19-4-3-10-28(19)13-16-7-9-24-20(23)12-16/h3-12,14-15H,13H2,1-2H3,(H,25,26,30). The fourth-order valence-electron chi connectivity index (χ4n) is 2.98. The molecule has 158 valence electrons. The van der Waals surface area contributed by atoms with Crippen LogP contribution < -0.4 is 5.32 Å². The summed E-state index contributed by atoms with van der Waals surface area (Å²) in [6, 6.07) is 8.80. The van der Waals surface area contributed by atoms with Crippen LogP contribution in [-0.4, -0.2) is 30.2 Å². The zero-order valence-electron chi connectivity index (χ0n) is 17.1. The number of carbonyl (C=O) groups is 1. The Morgan fingerprint density at radius 1 is 1.23 bits per heavy atom. The van der Waals surface area contributed by atoms with E-state index < -0.39 is 5.95 Å². The van der Waals surface area contributed by atoms with Gasteiger partial charge in [-0.1, -0.05) is 0 Å². The van der Waals surface area contributed by atoms with E-state index in [2.05, 4.69) is 34.2 Å². The maximum Gasteiger partial charge on any atom is 0.274 e. The second-order valence-corrected chi connectivity index (χ2v) is 8.05. The maximum absolute atomic E-state index is 13.3. The monoisotopic (exact) mass is 436 g/mol. The number of aromatic nitrogens is 5. The second kappa shape index (κ2) is 9.05. The van der Waals surface area contributed by atoms with Gasteiger partial charge in [-0.2, -0.15) is 9.49 Å². The minimum atomic E-state index is -0.546. The molecule has 7 nitrogen and oxygen atoms in total. The van der Waals surface area contributed by atoms with Gasteiger partial charge >= 0.3 is 0 Å². The molecule has 0 fully saturated rings. The number of nitrogens with one attached hydrogen (secondary N) is 1. The highest BCUT2D eigenvalue weighted by Crippen LogP contribution is 2.19. The molecule has 0 aliphatic heterocycles. The molecule has 4 rings (SSSR count). The van der Waals surface area contributed by atoms with Crippen LogP contribution in [0.15, 0.2) is 54.3 Å². The Kier molecular flexibility index (Phi) is 6.03. The van der Waals surface area contributed by atoms with E-state index in [1.54, 1.807) is 29.0 Å². The quantitative estimate of drug-likeness (QED) is 0.425. The Morgan fingerprint density at radius 3 is 2.84 bits per heavy atom. The first-order valence-electron chi connectivity index (χ1n) is 9.73. The van der Waals surface area contributed by atoms with Crippen molar-refractivity contribution < 1.29 is 9.18 Å². The van der Waals surface area contributed by atoms with Crippen molar-refractivity contribution in [1.82, 2.24) is 24.3 Å². The van der Waals surface area contributed by atoms with Crippen LogP contribution in [0.25, 0.3) is 12.2 Å². The zero-order chi connectivity index (χ0) is 21.8. The summed E-state index contributed by atoms with van der Waals surface area (Å²) in [5.41, 5.74) is 2.77. The highest BCUT2D eigenvalue weighted by Gasteiger charge is 2.13. The number of carbonyl (C=O) groups excluding carboxylic acids is 1. The smallest absolute Gasteiger partial charge is 0.274 e. The van der Waals surface area contributed by atoms with Crippen molar-refractivity contribution in [2.45, 2.75) is 26.4 Å². The van der Waals surface area contributed by atoms with Crippen molar-refractivity contribution in [3.05, 3.63) is 82.9 Å². The fraction of sp³-hybridized carbons (Fsp3) is 0.182. The van der Waals surface area contributed by atoms with E-state index in [0.717, 1.165) is 17.0 Å². The minimum absolute atomic E-state index is 0.278. The molecule has 0 saturated heterocycles. The topological polar surface area (TPSA) is 77.6 Å². The lowest BCUT2D eigenvalue weighted by Crippen LogP contribution is -2.17. The Morgan fingerprint density at radius 2 is 2.06 bits per heavy atom. The van der Waals surface area contributed by atoms with Gasteiger partial charge in [0.1, 0.15) is 5.69 Å². The molecule has 31 heavy (non-hydrogen) atoms. The molecule has 0 radical (unpaired) electrons. The number of amides is 1. The summed E-state index contributed by atoms with van der Waals surface area (Å²) >= 11 is 1.35. The summed E-state index contributed by atoms with van der Waals surface area (Å²) in [7, 11) is 0. The third kappa shape index (κ3) is 5.13. The van der Waals surface area contributed by atoms with E-state index in [1.807, 2.05) is 34.5 Å². The average Bonchev–Trinajstić information content (AvgIpc) is 3.47. The first-order valence-corrected chi connectivity index (χ1v) is 10.6. The fourth-order valence-corrected chi connectivity index (χ4v) is 3.65. The molecule has 9 heteroatoms. The number of rotatable bonds is 7. The van der Waals surface area contributed by atoms with Crippen molar-refractivity contribution in [2.75, 3.05) is 5.32 Å². The van der Waals surface area contributed by atoms with Crippen LogP contribution in [0.3, 0.4) is 0 Å². The van der Waals surface area contributed by atoms with Crippen molar-refractivity contribution in [2.24, 2.45) is 0 Å². The number of anilines is 1. The van der Waals surface area contributed by atoms with Gasteiger partial charge in [-0.15, -0.1) is 11.3 Å². The molecule has 0 aliphatic rings. The number of pyridine rings is 1. The van der Waals surface area contributed by atoms with Crippen LogP contribution in [0, 0.1) is 5.95 Å². The maximum atomic E-state index is 13.3. The lowest BCUT2D eigenvalue weighted by molar-refractivity contribution is 0.101. The summed E-state index contributed by atoms with van der Waals surface area (Å²) in [6.07, 6.45) is 8.87. The van der Waals surface area contributed by atoms with Crippen LogP contribution >= 0.6 is 11.3 Å². The van der Waals surface area contributed by atoms with Gasteiger partial charge < -0.3 is 4.57 Å². The van der Waals surface area contributed by atoms with Crippen LogP contribution in [-0.2, 0) is 6.54 Å². The molecule has 4 aromatic rings. The first kappa shape index (κ1) is 20.7. The summed E-state index contributed by atoms with van der Waals surface area (Å²) in [5.74, 6) is -0.824. The third-order valence-electron chi connectivity index (χ3n) is 4.53. The van der Waals surface area contributed by atoms with Gasteiger partial charge in [-0.3, -0.25) is 14.8 Å². The number of halogens is 1. The summed E-state index contributed by atoms with van der Waals surface area (Å²) in [4.78, 5) is 20.7. The lowest BCUT2D eigenvalue weighted by Gasteiger charge is -2.09. The molecule has 0 aromatic carbocycles. The molecule has 0 bridgehead atoms. The van der Waals surface area contributed by atoms with Crippen LogP contribution in [0.2, 0.25) is 0 Å². The number of nitrogens with zero attached hydrogens (tertiary/aromatic N) is 5. The molecule has 1 N–H and O–H groups in total. The van der Waals surface area contributed by atoms with Gasteiger partial charge in [0.05, 0.1) is 11.4 Å². The summed E-state index contributed by atoms with van der Waals surface area (Å²) in [5, 5.41) is 9.66. The Hall–Kier alpha value is -3.59. The van der Waals surface area contributed by atoms with Gasteiger partial charge in [0.25, 0.3) is 5.91 Å². The first-order chi connectivity index (χ1) is 15.0. The van der Waals surface area contributed by atoms with Crippen LogP contribution in [0.1, 0.15) is 47.3 Å². The van der Waals surface area contributed by atoms with E-state index in [0.29, 0.717) is 23.4 Å². The van der Waals surface area contributed by atoms with Crippen molar-refractivity contribution in [3.8, 4) is 0 Å². The zero-order valence-corrected chi connectivity index (χ0v) is 17.9. The molecule has 0 atom stereocenters. The largest absolute Gasteiger partial charge is 0.339 e. The lowest BCUT2D eigenvalue weighted by atomic mass is 10.2. The Bertz CT molecular complexity index is 1220. The van der Waals surface area contributed by atoms with E-state index in [-0.39, 0.29) is 5.91 Å². The van der Waals surface area contributed by atoms with Gasteiger partial charge in [-0.25, -0.2) is 9.97 Å². The molecule has 0 unspecified atom stereocenters. The van der Waals surface area contributed by atoms with Crippen molar-refractivity contribution in [1.29, 1.82) is 0 Å². The van der Waals surface area contributed by atoms with Gasteiger partial charge in [-0.05, 0) is 61.9 Å². The normalized spacial score (nSPS) is 11.5. The van der Waals surface area contributed by atoms with E-state index in [1.165, 1.54) is 23.6 Å². The molecule has 0 aliphatic carbocycles. The van der Waals surface area contributed by atoms with Crippen molar-refractivity contribution >= 4 is 34.5 Å². The Labute approximate surface area is 182 Å². The third-order valence-corrected chi connectivity index (χ3v) is 5.31. The van der Waals surface area contributed by atoms with Crippen LogP contribution in [0.4, 0.5) is 9.52 Å². The number of hydrogen-bond acceptors (Lipinski definition) is 5. The van der Waals surface area contributed by atoms with Gasteiger partial charge in [0.15, 0.2) is 5.13 Å². The minimum Gasteiger partial charge on any atom is -0.339 e. The highest BCUT2D eigenvalue weighted by atomic mass is 32.1. The van der Waals surface area contributed by atoms with E-state index in [4.69, 9.17) is 0 Å². The molecule has 4 heterocycles. The molecule has 0 spiro atoms. The van der Waals surface area contributed by atoms with Gasteiger partial charge in [0.2, 0.25) is 5.95 Å². The number of hydrogen-bond donors (Lipinski definition) is 1. The Balaban J connectivity index is 1.41. The average molecular weight is 437 g/mol. The predicted octanol–water partition coefficient (Wildman–Crippen LogP) is 4.73. The summed E-state index contributed by atoms with van der Waals surface area (Å²) in [6.45, 7) is 4.51. The van der Waals surface area contributed by atoms with Crippen LogP contribution in [0.5, 0.6) is 0 Å². The molecule has 1 amide bonds. The molecular formula is C22H21FN6OS. The molecular weight excluding hydrogens is 415 g/mol. The van der Waals surface area contributed by atoms with Gasteiger partial charge in [0, 0.05) is 36.6 Å². The number of thiazole rings is 1. The summed E-state index contributed by atoms with van der Waals surface area (Å²) < 4.78 is 17.0. The highest BCUT2D eigenvalue weighted by molar-refractivity contribution is 7.14. The predicted molar refractivity (Wildman–Crippen MR) is 119 cm³/mol. The molecule has 4 aromatic heterocycles. The van der Waals surface area contributed by atoms with E-state index >= 15 is 0 Å². The second-order valence-electron chi connectivity index (χ2n) is 7.19. The van der Waals surface area contributed by atoms with E-state index in [9.17, 15) is 9.18 Å². The SMILES string of the molecule is CC(C)n1ccc(C=Cc2csc(NC(=O)c3cccn3Cc3ccnc(F)c3)n2)n1.